The van der Waals surface area contributed by atoms with Gasteiger partial charge in [0.1, 0.15) is 0 Å². The van der Waals surface area contributed by atoms with Gasteiger partial charge in [0.15, 0.2) is 0 Å². The molecule has 7 heteroatoms. The summed E-state index contributed by atoms with van der Waals surface area (Å²) in [4.78, 5) is 35.1. The Hall–Kier alpha value is -2.88. The standard InChI is InChI=1S/C18H21NO6/c1-5-25-17(21)18(12-19(22)23,14(3)16(20)24-4)11-10-15-9-7-6-8-13(15)2/h6-9,14H,5,12H2,1-4H3. The van der Waals surface area contributed by atoms with E-state index in [-0.39, 0.29) is 6.61 Å². The molecule has 0 saturated heterocycles. The van der Waals surface area contributed by atoms with Gasteiger partial charge in [0.25, 0.3) is 0 Å². The lowest BCUT2D eigenvalue weighted by Gasteiger charge is -2.26. The molecule has 0 radical (unpaired) electrons. The molecule has 0 amide bonds. The quantitative estimate of drug-likeness (QED) is 0.338. The van der Waals surface area contributed by atoms with Crippen LogP contribution in [-0.4, -0.2) is 37.1 Å². The lowest BCUT2D eigenvalue weighted by Crippen LogP contribution is -2.47. The third-order valence-corrected chi connectivity index (χ3v) is 3.88. The monoisotopic (exact) mass is 347 g/mol. The number of benzene rings is 1. The molecule has 2 unspecified atom stereocenters. The van der Waals surface area contributed by atoms with Gasteiger partial charge in [0.05, 0.1) is 19.6 Å². The highest BCUT2D eigenvalue weighted by Gasteiger charge is 2.52. The van der Waals surface area contributed by atoms with Gasteiger partial charge in [-0.25, -0.2) is 0 Å². The number of ether oxygens (including phenoxy) is 2. The summed E-state index contributed by atoms with van der Waals surface area (Å²) in [5, 5.41) is 11.2. The van der Waals surface area contributed by atoms with Gasteiger partial charge >= 0.3 is 11.9 Å². The molecule has 0 spiro atoms. The van der Waals surface area contributed by atoms with Crippen LogP contribution in [0.4, 0.5) is 0 Å². The molecule has 25 heavy (non-hydrogen) atoms. The second-order valence-electron chi connectivity index (χ2n) is 5.49. The zero-order valence-corrected chi connectivity index (χ0v) is 14.7. The maximum atomic E-state index is 12.5. The highest BCUT2D eigenvalue weighted by Crippen LogP contribution is 2.31. The van der Waals surface area contributed by atoms with Crippen LogP contribution in [0.2, 0.25) is 0 Å². The summed E-state index contributed by atoms with van der Waals surface area (Å²) in [6.07, 6.45) is 0. The number of hydrogen-bond donors (Lipinski definition) is 0. The first kappa shape index (κ1) is 20.2. The van der Waals surface area contributed by atoms with E-state index in [0.29, 0.717) is 5.56 Å². The predicted molar refractivity (Wildman–Crippen MR) is 90.2 cm³/mol. The summed E-state index contributed by atoms with van der Waals surface area (Å²) in [5.74, 6) is 2.60. The Kier molecular flexibility index (Phi) is 7.12. The van der Waals surface area contributed by atoms with E-state index in [2.05, 4.69) is 16.6 Å². The normalized spacial score (nSPS) is 13.6. The summed E-state index contributed by atoms with van der Waals surface area (Å²) in [6, 6.07) is 7.15. The first-order chi connectivity index (χ1) is 11.8. The Morgan fingerprint density at radius 1 is 1.36 bits per heavy atom. The zero-order chi connectivity index (χ0) is 19.0. The van der Waals surface area contributed by atoms with Crippen LogP contribution in [0.5, 0.6) is 0 Å². The van der Waals surface area contributed by atoms with Crippen molar-refractivity contribution >= 4 is 11.9 Å². The number of aryl methyl sites for hydroxylation is 1. The van der Waals surface area contributed by atoms with E-state index in [1.807, 2.05) is 19.1 Å². The maximum Gasteiger partial charge on any atom is 0.332 e. The molecule has 0 bridgehead atoms. The number of carbonyl (C=O) groups is 2. The van der Waals surface area contributed by atoms with E-state index in [9.17, 15) is 19.7 Å². The molecule has 0 saturated carbocycles. The van der Waals surface area contributed by atoms with Crippen molar-refractivity contribution in [3.05, 3.63) is 45.5 Å². The van der Waals surface area contributed by atoms with Gasteiger partial charge < -0.3 is 9.47 Å². The minimum atomic E-state index is -1.94. The van der Waals surface area contributed by atoms with Gasteiger partial charge in [0.2, 0.25) is 12.0 Å². The second-order valence-corrected chi connectivity index (χ2v) is 5.49. The molecule has 1 rings (SSSR count). The molecule has 2 atom stereocenters. The zero-order valence-electron chi connectivity index (χ0n) is 14.7. The summed E-state index contributed by atoms with van der Waals surface area (Å²) < 4.78 is 9.66. The van der Waals surface area contributed by atoms with Gasteiger partial charge in [0, 0.05) is 10.5 Å². The van der Waals surface area contributed by atoms with Crippen LogP contribution < -0.4 is 0 Å². The molecule has 0 heterocycles. The molecular weight excluding hydrogens is 326 g/mol. The minimum absolute atomic E-state index is 0.0121. The third kappa shape index (κ3) is 4.80. The number of esters is 2. The Balaban J connectivity index is 3.53. The Bertz CT molecular complexity index is 718. The largest absolute Gasteiger partial charge is 0.469 e. The van der Waals surface area contributed by atoms with Crippen LogP contribution in [0, 0.1) is 40.2 Å². The number of methoxy groups -OCH3 is 1. The van der Waals surface area contributed by atoms with Crippen molar-refractivity contribution < 1.29 is 24.0 Å². The Morgan fingerprint density at radius 2 is 2.00 bits per heavy atom. The van der Waals surface area contributed by atoms with Crippen molar-refractivity contribution in [2.75, 3.05) is 20.3 Å². The lowest BCUT2D eigenvalue weighted by molar-refractivity contribution is -0.492. The molecule has 0 aliphatic heterocycles. The van der Waals surface area contributed by atoms with Crippen molar-refractivity contribution in [1.29, 1.82) is 0 Å². The summed E-state index contributed by atoms with van der Waals surface area (Å²) in [6.45, 7) is 3.93. The fraction of sp³-hybridized carbons (Fsp3) is 0.444. The first-order valence-corrected chi connectivity index (χ1v) is 7.74. The molecule has 0 N–H and O–H groups in total. The molecule has 1 aromatic rings. The van der Waals surface area contributed by atoms with Gasteiger partial charge in [-0.1, -0.05) is 30.0 Å². The fourth-order valence-corrected chi connectivity index (χ4v) is 2.31. The van der Waals surface area contributed by atoms with Crippen molar-refractivity contribution in [2.24, 2.45) is 11.3 Å². The molecule has 0 aliphatic rings. The summed E-state index contributed by atoms with van der Waals surface area (Å²) in [5.41, 5.74) is -0.481. The average Bonchev–Trinajstić information content (AvgIpc) is 2.58. The second kappa shape index (κ2) is 8.83. The number of nitro groups is 1. The number of carbonyl (C=O) groups excluding carboxylic acids is 2. The van der Waals surface area contributed by atoms with Gasteiger partial charge in [-0.2, -0.15) is 0 Å². The van der Waals surface area contributed by atoms with Gasteiger partial charge in [-0.3, -0.25) is 19.7 Å². The van der Waals surface area contributed by atoms with Crippen LogP contribution in [-0.2, 0) is 19.1 Å². The van der Waals surface area contributed by atoms with E-state index in [4.69, 9.17) is 4.74 Å². The summed E-state index contributed by atoms with van der Waals surface area (Å²) in [7, 11) is 1.15. The fourth-order valence-electron chi connectivity index (χ4n) is 2.31. The van der Waals surface area contributed by atoms with E-state index in [0.717, 1.165) is 12.7 Å². The van der Waals surface area contributed by atoms with Crippen LogP contribution >= 0.6 is 0 Å². The van der Waals surface area contributed by atoms with Gasteiger partial charge in [-0.05, 0) is 32.4 Å². The Morgan fingerprint density at radius 3 is 2.52 bits per heavy atom. The van der Waals surface area contributed by atoms with Crippen LogP contribution in [0.1, 0.15) is 25.0 Å². The summed E-state index contributed by atoms with van der Waals surface area (Å²) >= 11 is 0. The number of hydrogen-bond acceptors (Lipinski definition) is 6. The van der Waals surface area contributed by atoms with Crippen LogP contribution in [0.25, 0.3) is 0 Å². The molecule has 0 fully saturated rings. The molecule has 134 valence electrons. The highest BCUT2D eigenvalue weighted by molar-refractivity contribution is 5.88. The van der Waals surface area contributed by atoms with E-state index in [1.54, 1.807) is 19.1 Å². The lowest BCUT2D eigenvalue weighted by atomic mass is 9.76. The number of nitrogens with zero attached hydrogens (tertiary/aromatic N) is 1. The van der Waals surface area contributed by atoms with E-state index < -0.39 is 34.7 Å². The topological polar surface area (TPSA) is 95.7 Å². The Labute approximate surface area is 146 Å². The van der Waals surface area contributed by atoms with Crippen molar-refractivity contribution in [1.82, 2.24) is 0 Å². The minimum Gasteiger partial charge on any atom is -0.469 e. The van der Waals surface area contributed by atoms with Crippen LogP contribution in [0.3, 0.4) is 0 Å². The molecule has 7 nitrogen and oxygen atoms in total. The van der Waals surface area contributed by atoms with Crippen molar-refractivity contribution in [3.63, 3.8) is 0 Å². The predicted octanol–water partition coefficient (Wildman–Crippen LogP) is 1.98. The van der Waals surface area contributed by atoms with E-state index in [1.165, 1.54) is 6.92 Å². The molecule has 0 aromatic heterocycles. The number of rotatable bonds is 6. The molecule has 0 aliphatic carbocycles. The SMILES string of the molecule is CCOC(=O)C(C#Cc1ccccc1C)(C[N+](=O)[O-])C(C)C(=O)OC. The third-order valence-electron chi connectivity index (χ3n) is 3.88. The smallest absolute Gasteiger partial charge is 0.332 e. The maximum absolute atomic E-state index is 12.5. The van der Waals surface area contributed by atoms with Gasteiger partial charge in [-0.15, -0.1) is 0 Å². The van der Waals surface area contributed by atoms with Crippen LogP contribution in [0.15, 0.2) is 24.3 Å². The van der Waals surface area contributed by atoms with Crippen molar-refractivity contribution in [2.45, 2.75) is 20.8 Å². The highest BCUT2D eigenvalue weighted by atomic mass is 16.6. The first-order valence-electron chi connectivity index (χ1n) is 7.74. The molecular formula is C18H21NO6. The average molecular weight is 347 g/mol. The van der Waals surface area contributed by atoms with Crippen molar-refractivity contribution in [3.8, 4) is 11.8 Å². The van der Waals surface area contributed by atoms with E-state index >= 15 is 0 Å². The molecule has 1 aromatic carbocycles.